The average molecular weight is 229 g/mol. The molecule has 1 fully saturated rings. The Hall–Kier alpha value is -1.29. The Morgan fingerprint density at radius 2 is 2.27 bits per heavy atom. The van der Waals surface area contributed by atoms with Gasteiger partial charge in [0, 0.05) is 18.1 Å². The van der Waals surface area contributed by atoms with Crippen LogP contribution in [0.5, 0.6) is 0 Å². The fraction of sp³-hybridized carbons (Fsp3) is 0.300. The molecule has 1 heterocycles. The first-order valence-electron chi connectivity index (χ1n) is 4.63. The SMILES string of the molecule is O=C1CN(c2ccc(Cl)cc2F)CCN1. The lowest BCUT2D eigenvalue weighted by Gasteiger charge is -2.28. The summed E-state index contributed by atoms with van der Waals surface area (Å²) in [6, 6.07) is 4.46. The summed E-state index contributed by atoms with van der Waals surface area (Å²) in [4.78, 5) is 12.8. The number of hydrogen-bond donors (Lipinski definition) is 1. The Labute approximate surface area is 91.8 Å². The first kappa shape index (κ1) is 10.2. The van der Waals surface area contributed by atoms with Gasteiger partial charge in [-0.25, -0.2) is 4.39 Å². The molecule has 0 radical (unpaired) electrons. The smallest absolute Gasteiger partial charge is 0.239 e. The second-order valence-corrected chi connectivity index (χ2v) is 3.80. The Bertz CT molecular complexity index is 397. The fourth-order valence-corrected chi connectivity index (χ4v) is 1.74. The molecule has 1 aromatic rings. The molecule has 3 nitrogen and oxygen atoms in total. The number of hydrogen-bond acceptors (Lipinski definition) is 2. The summed E-state index contributed by atoms with van der Waals surface area (Å²) < 4.78 is 13.5. The van der Waals surface area contributed by atoms with Gasteiger partial charge in [-0.3, -0.25) is 4.79 Å². The Balaban J connectivity index is 2.24. The molecule has 80 valence electrons. The minimum absolute atomic E-state index is 0.0874. The molecule has 0 spiro atoms. The van der Waals surface area contributed by atoms with Gasteiger partial charge in [-0.15, -0.1) is 0 Å². The highest BCUT2D eigenvalue weighted by atomic mass is 35.5. The van der Waals surface area contributed by atoms with Crippen molar-refractivity contribution in [3.8, 4) is 0 Å². The number of anilines is 1. The van der Waals surface area contributed by atoms with Crippen LogP contribution in [0.3, 0.4) is 0 Å². The molecule has 15 heavy (non-hydrogen) atoms. The van der Waals surface area contributed by atoms with E-state index in [2.05, 4.69) is 5.32 Å². The van der Waals surface area contributed by atoms with Crippen LogP contribution in [0.4, 0.5) is 10.1 Å². The monoisotopic (exact) mass is 228 g/mol. The molecule has 1 aliphatic rings. The minimum Gasteiger partial charge on any atom is -0.358 e. The molecule has 1 N–H and O–H groups in total. The van der Waals surface area contributed by atoms with Gasteiger partial charge in [-0.05, 0) is 18.2 Å². The van der Waals surface area contributed by atoms with Crippen molar-refractivity contribution in [2.24, 2.45) is 0 Å². The molecule has 5 heteroatoms. The summed E-state index contributed by atoms with van der Waals surface area (Å²) >= 11 is 5.65. The molecular formula is C10H10ClFN2O. The summed E-state index contributed by atoms with van der Waals surface area (Å²) in [6.07, 6.45) is 0. The standard InChI is InChI=1S/C10H10ClFN2O/c11-7-1-2-9(8(12)5-7)14-4-3-13-10(15)6-14/h1-2,5H,3-4,6H2,(H,13,15). The zero-order chi connectivity index (χ0) is 10.8. The Morgan fingerprint density at radius 1 is 1.47 bits per heavy atom. The fourth-order valence-electron chi connectivity index (χ4n) is 1.58. The van der Waals surface area contributed by atoms with Crippen molar-refractivity contribution >= 4 is 23.2 Å². The van der Waals surface area contributed by atoms with Gasteiger partial charge in [0.1, 0.15) is 5.82 Å². The molecule has 1 saturated heterocycles. The lowest BCUT2D eigenvalue weighted by atomic mass is 10.2. The summed E-state index contributed by atoms with van der Waals surface area (Å²) in [5.74, 6) is -0.479. The van der Waals surface area contributed by atoms with E-state index in [1.807, 2.05) is 0 Å². The molecule has 0 saturated carbocycles. The van der Waals surface area contributed by atoms with E-state index in [4.69, 9.17) is 11.6 Å². The van der Waals surface area contributed by atoms with Gasteiger partial charge < -0.3 is 10.2 Å². The first-order chi connectivity index (χ1) is 7.16. The van der Waals surface area contributed by atoms with Crippen LogP contribution >= 0.6 is 11.6 Å². The number of carbonyl (C=O) groups is 1. The third-order valence-corrected chi connectivity index (χ3v) is 2.52. The Morgan fingerprint density at radius 3 is 2.93 bits per heavy atom. The van der Waals surface area contributed by atoms with E-state index in [0.29, 0.717) is 23.8 Å². The van der Waals surface area contributed by atoms with E-state index in [9.17, 15) is 9.18 Å². The molecule has 1 aliphatic heterocycles. The van der Waals surface area contributed by atoms with Crippen LogP contribution in [0.15, 0.2) is 18.2 Å². The molecule has 0 aromatic heterocycles. The van der Waals surface area contributed by atoms with Crippen molar-refractivity contribution in [3.05, 3.63) is 29.0 Å². The van der Waals surface area contributed by atoms with Crippen molar-refractivity contribution in [1.82, 2.24) is 5.32 Å². The van der Waals surface area contributed by atoms with Crippen molar-refractivity contribution in [1.29, 1.82) is 0 Å². The number of nitrogens with one attached hydrogen (secondary N) is 1. The maximum Gasteiger partial charge on any atom is 0.239 e. The van der Waals surface area contributed by atoms with E-state index in [1.165, 1.54) is 6.07 Å². The maximum atomic E-state index is 13.5. The third kappa shape index (κ3) is 2.21. The molecule has 1 amide bonds. The molecule has 0 atom stereocenters. The summed E-state index contributed by atoms with van der Waals surface area (Å²) in [7, 11) is 0. The van der Waals surface area contributed by atoms with Gasteiger partial charge in [0.25, 0.3) is 0 Å². The van der Waals surface area contributed by atoms with E-state index >= 15 is 0 Å². The third-order valence-electron chi connectivity index (χ3n) is 2.29. The van der Waals surface area contributed by atoms with Gasteiger partial charge in [0.15, 0.2) is 0 Å². The summed E-state index contributed by atoms with van der Waals surface area (Å²) in [5, 5.41) is 3.04. The molecule has 0 bridgehead atoms. The second-order valence-electron chi connectivity index (χ2n) is 3.37. The van der Waals surface area contributed by atoms with Crippen LogP contribution in [-0.2, 0) is 4.79 Å². The van der Waals surface area contributed by atoms with Gasteiger partial charge in [-0.2, -0.15) is 0 Å². The van der Waals surface area contributed by atoms with E-state index in [1.54, 1.807) is 17.0 Å². The van der Waals surface area contributed by atoms with Crippen molar-refractivity contribution in [2.75, 3.05) is 24.5 Å². The largest absolute Gasteiger partial charge is 0.358 e. The summed E-state index contributed by atoms with van der Waals surface area (Å²) in [6.45, 7) is 1.35. The number of halogens is 2. The van der Waals surface area contributed by atoms with Crippen LogP contribution < -0.4 is 10.2 Å². The van der Waals surface area contributed by atoms with E-state index in [0.717, 1.165) is 0 Å². The highest BCUT2D eigenvalue weighted by Crippen LogP contribution is 2.22. The van der Waals surface area contributed by atoms with Gasteiger partial charge >= 0.3 is 0 Å². The quantitative estimate of drug-likeness (QED) is 0.789. The topological polar surface area (TPSA) is 32.3 Å². The van der Waals surface area contributed by atoms with E-state index < -0.39 is 5.82 Å². The van der Waals surface area contributed by atoms with Crippen LogP contribution in [0.25, 0.3) is 0 Å². The van der Waals surface area contributed by atoms with Crippen molar-refractivity contribution in [2.45, 2.75) is 0 Å². The number of piperazine rings is 1. The molecule has 0 aliphatic carbocycles. The predicted molar refractivity (Wildman–Crippen MR) is 56.6 cm³/mol. The van der Waals surface area contributed by atoms with Gasteiger partial charge in [0.2, 0.25) is 5.91 Å². The lowest BCUT2D eigenvalue weighted by Crippen LogP contribution is -2.48. The highest BCUT2D eigenvalue weighted by Gasteiger charge is 2.18. The molecule has 1 aromatic carbocycles. The lowest BCUT2D eigenvalue weighted by molar-refractivity contribution is -0.120. The Kier molecular flexibility index (Phi) is 2.77. The van der Waals surface area contributed by atoms with Crippen LogP contribution in [-0.4, -0.2) is 25.5 Å². The summed E-state index contributed by atoms with van der Waals surface area (Å²) in [5.41, 5.74) is 0.425. The number of amides is 1. The zero-order valence-corrected chi connectivity index (χ0v) is 8.72. The van der Waals surface area contributed by atoms with Gasteiger partial charge in [0.05, 0.1) is 12.2 Å². The van der Waals surface area contributed by atoms with Crippen LogP contribution in [0.2, 0.25) is 5.02 Å². The van der Waals surface area contributed by atoms with E-state index in [-0.39, 0.29) is 12.5 Å². The minimum atomic E-state index is -0.391. The highest BCUT2D eigenvalue weighted by molar-refractivity contribution is 6.30. The zero-order valence-electron chi connectivity index (χ0n) is 7.96. The number of carbonyl (C=O) groups excluding carboxylic acids is 1. The molecular weight excluding hydrogens is 219 g/mol. The van der Waals surface area contributed by atoms with Crippen LogP contribution in [0.1, 0.15) is 0 Å². The predicted octanol–water partition coefficient (Wildman–Crippen LogP) is 1.42. The van der Waals surface area contributed by atoms with Crippen LogP contribution in [0, 0.1) is 5.82 Å². The second kappa shape index (κ2) is 4.06. The molecule has 2 rings (SSSR count). The number of rotatable bonds is 1. The number of benzene rings is 1. The average Bonchev–Trinajstić information content (AvgIpc) is 2.17. The van der Waals surface area contributed by atoms with Crippen molar-refractivity contribution < 1.29 is 9.18 Å². The number of nitrogens with zero attached hydrogens (tertiary/aromatic N) is 1. The van der Waals surface area contributed by atoms with Crippen molar-refractivity contribution in [3.63, 3.8) is 0 Å². The normalized spacial score (nSPS) is 16.4. The first-order valence-corrected chi connectivity index (χ1v) is 5.01. The molecule has 0 unspecified atom stereocenters. The maximum absolute atomic E-state index is 13.5. The van der Waals surface area contributed by atoms with Gasteiger partial charge in [-0.1, -0.05) is 11.6 Å².